The lowest BCUT2D eigenvalue weighted by atomic mass is 9.83. The van der Waals surface area contributed by atoms with Crippen molar-refractivity contribution in [2.24, 2.45) is 5.41 Å². The van der Waals surface area contributed by atoms with Gasteiger partial charge in [-0.05, 0) is 24.7 Å². The lowest BCUT2D eigenvalue weighted by Crippen LogP contribution is -2.45. The number of hydrogen-bond donors (Lipinski definition) is 4. The SMILES string of the molecule is CCC1(CNC(=O)NCC(O)C(=O)O)CCCC1. The van der Waals surface area contributed by atoms with Crippen molar-refractivity contribution >= 4 is 12.0 Å². The number of hydrogen-bond acceptors (Lipinski definition) is 3. The largest absolute Gasteiger partial charge is 0.479 e. The first-order chi connectivity index (χ1) is 8.49. The second kappa shape index (κ2) is 6.58. The number of amides is 2. The highest BCUT2D eigenvalue weighted by atomic mass is 16.4. The molecule has 0 radical (unpaired) electrons. The van der Waals surface area contributed by atoms with Crippen molar-refractivity contribution in [3.8, 4) is 0 Å². The molecule has 4 N–H and O–H groups in total. The highest BCUT2D eigenvalue weighted by Crippen LogP contribution is 2.40. The van der Waals surface area contributed by atoms with Gasteiger partial charge in [-0.25, -0.2) is 9.59 Å². The zero-order valence-corrected chi connectivity index (χ0v) is 10.7. The summed E-state index contributed by atoms with van der Waals surface area (Å²) in [5.74, 6) is -1.34. The molecule has 104 valence electrons. The molecule has 0 spiro atoms. The standard InChI is InChI=1S/C12H22N2O4/c1-2-12(5-3-4-6-12)8-14-11(18)13-7-9(15)10(16)17/h9,15H,2-8H2,1H3,(H,16,17)(H2,13,14,18). The Morgan fingerprint density at radius 3 is 2.39 bits per heavy atom. The number of carbonyl (C=O) groups is 2. The van der Waals surface area contributed by atoms with Gasteiger partial charge in [-0.2, -0.15) is 0 Å². The molecule has 1 aliphatic carbocycles. The highest BCUT2D eigenvalue weighted by molar-refractivity contribution is 5.76. The van der Waals surface area contributed by atoms with Crippen molar-refractivity contribution < 1.29 is 19.8 Å². The van der Waals surface area contributed by atoms with Crippen molar-refractivity contribution in [2.75, 3.05) is 13.1 Å². The van der Waals surface area contributed by atoms with E-state index in [9.17, 15) is 9.59 Å². The molecule has 0 aromatic rings. The Bertz CT molecular complexity index is 300. The van der Waals surface area contributed by atoms with E-state index in [-0.39, 0.29) is 12.0 Å². The third-order valence-electron chi connectivity index (χ3n) is 3.78. The van der Waals surface area contributed by atoms with E-state index < -0.39 is 18.1 Å². The van der Waals surface area contributed by atoms with Gasteiger partial charge in [0.05, 0.1) is 6.54 Å². The van der Waals surface area contributed by atoms with Gasteiger partial charge in [0.1, 0.15) is 0 Å². The van der Waals surface area contributed by atoms with Gasteiger partial charge in [0, 0.05) is 6.54 Å². The highest BCUT2D eigenvalue weighted by Gasteiger charge is 2.32. The number of urea groups is 1. The molecule has 1 rings (SSSR count). The number of aliphatic hydroxyl groups excluding tert-OH is 1. The molecular formula is C12H22N2O4. The quantitative estimate of drug-likeness (QED) is 0.563. The van der Waals surface area contributed by atoms with Gasteiger partial charge in [-0.3, -0.25) is 0 Å². The molecule has 1 saturated carbocycles. The summed E-state index contributed by atoms with van der Waals surface area (Å²) in [4.78, 5) is 21.8. The van der Waals surface area contributed by atoms with Crippen LogP contribution in [0.3, 0.4) is 0 Å². The third kappa shape index (κ3) is 4.18. The van der Waals surface area contributed by atoms with Gasteiger partial charge in [0.2, 0.25) is 0 Å². The van der Waals surface area contributed by atoms with E-state index in [2.05, 4.69) is 17.6 Å². The monoisotopic (exact) mass is 258 g/mol. The summed E-state index contributed by atoms with van der Waals surface area (Å²) in [7, 11) is 0. The van der Waals surface area contributed by atoms with Gasteiger partial charge in [0.25, 0.3) is 0 Å². The Hall–Kier alpha value is -1.30. The third-order valence-corrected chi connectivity index (χ3v) is 3.78. The summed E-state index contributed by atoms with van der Waals surface area (Å²) < 4.78 is 0. The second-order valence-electron chi connectivity index (χ2n) is 4.98. The van der Waals surface area contributed by atoms with Gasteiger partial charge in [0.15, 0.2) is 6.10 Å². The number of aliphatic hydroxyl groups is 1. The van der Waals surface area contributed by atoms with Crippen LogP contribution in [0.1, 0.15) is 39.0 Å². The Balaban J connectivity index is 2.26. The molecular weight excluding hydrogens is 236 g/mol. The maximum Gasteiger partial charge on any atom is 0.334 e. The first kappa shape index (κ1) is 14.8. The smallest absolute Gasteiger partial charge is 0.334 e. The normalized spacial score (nSPS) is 19.2. The zero-order valence-electron chi connectivity index (χ0n) is 10.7. The predicted octanol–water partition coefficient (Wildman–Crippen LogP) is 0.701. The van der Waals surface area contributed by atoms with E-state index in [1.54, 1.807) is 0 Å². The van der Waals surface area contributed by atoms with Crippen LogP contribution in [-0.2, 0) is 4.79 Å². The summed E-state index contributed by atoms with van der Waals surface area (Å²) >= 11 is 0. The second-order valence-corrected chi connectivity index (χ2v) is 4.98. The van der Waals surface area contributed by atoms with Gasteiger partial charge in [-0.15, -0.1) is 0 Å². The number of rotatable bonds is 6. The van der Waals surface area contributed by atoms with E-state index in [1.807, 2.05) is 0 Å². The summed E-state index contributed by atoms with van der Waals surface area (Å²) in [5, 5.41) is 22.6. The predicted molar refractivity (Wildman–Crippen MR) is 66.2 cm³/mol. The van der Waals surface area contributed by atoms with Crippen LogP contribution in [0.4, 0.5) is 4.79 Å². The molecule has 0 saturated heterocycles. The molecule has 1 fully saturated rings. The molecule has 1 aliphatic rings. The van der Waals surface area contributed by atoms with E-state index >= 15 is 0 Å². The maximum absolute atomic E-state index is 11.5. The Morgan fingerprint density at radius 1 is 1.28 bits per heavy atom. The van der Waals surface area contributed by atoms with Crippen LogP contribution in [0.25, 0.3) is 0 Å². The molecule has 1 atom stereocenters. The molecule has 6 nitrogen and oxygen atoms in total. The molecule has 2 amide bonds. The van der Waals surface area contributed by atoms with Gasteiger partial charge >= 0.3 is 12.0 Å². The van der Waals surface area contributed by atoms with Crippen LogP contribution in [0.15, 0.2) is 0 Å². The molecule has 0 bridgehead atoms. The molecule has 0 heterocycles. The average Bonchev–Trinajstić information content (AvgIpc) is 2.82. The number of carboxylic acids is 1. The van der Waals surface area contributed by atoms with Crippen molar-refractivity contribution in [1.82, 2.24) is 10.6 Å². The molecule has 0 aromatic carbocycles. The van der Waals surface area contributed by atoms with Crippen LogP contribution in [-0.4, -0.2) is 41.4 Å². The van der Waals surface area contributed by atoms with Crippen molar-refractivity contribution in [1.29, 1.82) is 0 Å². The van der Waals surface area contributed by atoms with Crippen molar-refractivity contribution in [3.63, 3.8) is 0 Å². The fraction of sp³-hybridized carbons (Fsp3) is 0.833. The van der Waals surface area contributed by atoms with Crippen LogP contribution >= 0.6 is 0 Å². The summed E-state index contributed by atoms with van der Waals surface area (Å²) in [6.45, 7) is 2.46. The van der Waals surface area contributed by atoms with Crippen molar-refractivity contribution in [2.45, 2.75) is 45.1 Å². The van der Waals surface area contributed by atoms with Crippen LogP contribution in [0.2, 0.25) is 0 Å². The molecule has 18 heavy (non-hydrogen) atoms. The molecule has 1 unspecified atom stereocenters. The van der Waals surface area contributed by atoms with Crippen LogP contribution < -0.4 is 10.6 Å². The van der Waals surface area contributed by atoms with E-state index in [0.717, 1.165) is 19.3 Å². The fourth-order valence-electron chi connectivity index (χ4n) is 2.39. The first-order valence-corrected chi connectivity index (χ1v) is 6.42. The first-order valence-electron chi connectivity index (χ1n) is 6.42. The molecule has 6 heteroatoms. The Morgan fingerprint density at radius 2 is 1.89 bits per heavy atom. The van der Waals surface area contributed by atoms with Crippen LogP contribution in [0, 0.1) is 5.41 Å². The van der Waals surface area contributed by atoms with E-state index in [4.69, 9.17) is 10.2 Å². The van der Waals surface area contributed by atoms with E-state index in [1.165, 1.54) is 12.8 Å². The van der Waals surface area contributed by atoms with Crippen LogP contribution in [0.5, 0.6) is 0 Å². The summed E-state index contributed by atoms with van der Waals surface area (Å²) in [6.07, 6.45) is 4.14. The lowest BCUT2D eigenvalue weighted by molar-refractivity contribution is -0.146. The molecule has 0 aliphatic heterocycles. The number of carbonyl (C=O) groups excluding carboxylic acids is 1. The summed E-state index contributed by atoms with van der Waals surface area (Å²) in [6, 6.07) is -0.421. The zero-order chi connectivity index (χ0) is 13.6. The average molecular weight is 258 g/mol. The number of carboxylic acid groups (broad SMARTS) is 1. The minimum Gasteiger partial charge on any atom is -0.479 e. The lowest BCUT2D eigenvalue weighted by Gasteiger charge is -2.27. The Labute approximate surface area is 107 Å². The maximum atomic E-state index is 11.5. The molecule has 0 aromatic heterocycles. The van der Waals surface area contributed by atoms with E-state index in [0.29, 0.717) is 6.54 Å². The van der Waals surface area contributed by atoms with Gasteiger partial charge < -0.3 is 20.8 Å². The topological polar surface area (TPSA) is 98.7 Å². The minimum absolute atomic E-state index is 0.197. The van der Waals surface area contributed by atoms with Crippen molar-refractivity contribution in [3.05, 3.63) is 0 Å². The summed E-state index contributed by atoms with van der Waals surface area (Å²) in [5.41, 5.74) is 0.197. The fourth-order valence-corrected chi connectivity index (χ4v) is 2.39. The van der Waals surface area contributed by atoms with Gasteiger partial charge in [-0.1, -0.05) is 19.8 Å². The number of aliphatic carboxylic acids is 1. The Kier molecular flexibility index (Phi) is 5.40. The number of nitrogens with one attached hydrogen (secondary N) is 2. The minimum atomic E-state index is -1.55.